The number of thiophene rings is 1. The molecule has 1 aromatic carbocycles. The minimum Gasteiger partial charge on any atom is -0.312 e. The third-order valence-corrected chi connectivity index (χ3v) is 3.50. The minimum absolute atomic E-state index is 0.0320. The first-order chi connectivity index (χ1) is 9.52. The van der Waals surface area contributed by atoms with Crippen molar-refractivity contribution in [1.29, 1.82) is 5.26 Å². The maximum Gasteiger partial charge on any atom is 0.272 e. The summed E-state index contributed by atoms with van der Waals surface area (Å²) < 4.78 is 0. The average Bonchev–Trinajstić information content (AvgIpc) is 2.85. The molecule has 1 aromatic heterocycles. The zero-order valence-electron chi connectivity index (χ0n) is 10.4. The van der Waals surface area contributed by atoms with Gasteiger partial charge in [-0.3, -0.25) is 14.9 Å². The van der Waals surface area contributed by atoms with Gasteiger partial charge in [0.1, 0.15) is 11.1 Å². The highest BCUT2D eigenvalue weighted by atomic mass is 32.1. The summed E-state index contributed by atoms with van der Waals surface area (Å²) in [6.07, 6.45) is 0. The lowest BCUT2D eigenvalue weighted by atomic mass is 10.1. The van der Waals surface area contributed by atoms with Crippen molar-refractivity contribution in [3.63, 3.8) is 0 Å². The number of hydrogen-bond donors (Lipinski definition) is 1. The summed E-state index contributed by atoms with van der Waals surface area (Å²) in [5.74, 6) is -0.401. The number of rotatable bonds is 3. The predicted octanol–water partition coefficient (Wildman–Crippen LogP) is 3.09. The quantitative estimate of drug-likeness (QED) is 0.693. The molecule has 1 heterocycles. The third kappa shape index (κ3) is 2.65. The van der Waals surface area contributed by atoms with E-state index in [1.165, 1.54) is 29.5 Å². The molecule has 0 aliphatic heterocycles. The first-order valence-corrected chi connectivity index (χ1v) is 6.45. The topological polar surface area (TPSA) is 96.0 Å². The van der Waals surface area contributed by atoms with Crippen LogP contribution in [0, 0.1) is 28.4 Å². The maximum absolute atomic E-state index is 12.0. The van der Waals surface area contributed by atoms with Gasteiger partial charge < -0.3 is 5.32 Å². The zero-order valence-corrected chi connectivity index (χ0v) is 11.2. The summed E-state index contributed by atoms with van der Waals surface area (Å²) in [6, 6.07) is 7.72. The monoisotopic (exact) mass is 287 g/mol. The van der Waals surface area contributed by atoms with Gasteiger partial charge in [0.25, 0.3) is 11.6 Å². The highest BCUT2D eigenvalue weighted by Gasteiger charge is 2.15. The van der Waals surface area contributed by atoms with Crippen LogP contribution in [0.15, 0.2) is 29.6 Å². The summed E-state index contributed by atoms with van der Waals surface area (Å²) in [6.45, 7) is 1.57. The van der Waals surface area contributed by atoms with Crippen molar-refractivity contribution in [1.82, 2.24) is 0 Å². The van der Waals surface area contributed by atoms with Crippen LogP contribution in [0.4, 0.5) is 10.7 Å². The highest BCUT2D eigenvalue weighted by Crippen LogP contribution is 2.24. The van der Waals surface area contributed by atoms with Crippen molar-refractivity contribution in [3.05, 3.63) is 56.5 Å². The van der Waals surface area contributed by atoms with Gasteiger partial charge in [0, 0.05) is 17.2 Å². The van der Waals surface area contributed by atoms with Crippen molar-refractivity contribution in [3.8, 4) is 6.07 Å². The minimum atomic E-state index is -0.496. The number of nitro benzene ring substituents is 1. The number of nitrogens with zero attached hydrogens (tertiary/aromatic N) is 2. The van der Waals surface area contributed by atoms with E-state index in [1.54, 1.807) is 18.4 Å². The van der Waals surface area contributed by atoms with Crippen molar-refractivity contribution in [2.45, 2.75) is 6.92 Å². The van der Waals surface area contributed by atoms with Gasteiger partial charge in [-0.25, -0.2) is 0 Å². The molecule has 6 nitrogen and oxygen atoms in total. The largest absolute Gasteiger partial charge is 0.312 e. The lowest BCUT2D eigenvalue weighted by Crippen LogP contribution is -2.12. The smallest absolute Gasteiger partial charge is 0.272 e. The molecular formula is C13H9N3O3S. The number of carbonyl (C=O) groups excluding carboxylic acids is 1. The number of nitriles is 1. The first kappa shape index (κ1) is 13.7. The number of carbonyl (C=O) groups is 1. The van der Waals surface area contributed by atoms with Gasteiger partial charge in [0.15, 0.2) is 0 Å². The van der Waals surface area contributed by atoms with Crippen molar-refractivity contribution in [2.75, 3.05) is 5.32 Å². The fraction of sp³-hybridized carbons (Fsp3) is 0.0769. The molecule has 7 heteroatoms. The summed E-state index contributed by atoms with van der Waals surface area (Å²) in [4.78, 5) is 22.2. The van der Waals surface area contributed by atoms with Crippen LogP contribution in [0.5, 0.6) is 0 Å². The van der Waals surface area contributed by atoms with Crippen LogP contribution in [-0.2, 0) is 0 Å². The molecule has 2 aromatic rings. The van der Waals surface area contributed by atoms with Crippen LogP contribution >= 0.6 is 11.3 Å². The molecule has 0 aliphatic rings. The molecule has 100 valence electrons. The Labute approximate surface area is 118 Å². The van der Waals surface area contributed by atoms with E-state index < -0.39 is 10.8 Å². The van der Waals surface area contributed by atoms with E-state index in [-0.39, 0.29) is 5.69 Å². The summed E-state index contributed by atoms with van der Waals surface area (Å²) in [5, 5.41) is 24.4. The van der Waals surface area contributed by atoms with Gasteiger partial charge >= 0.3 is 0 Å². The van der Waals surface area contributed by atoms with Crippen LogP contribution < -0.4 is 5.32 Å². The van der Waals surface area contributed by atoms with E-state index in [1.807, 2.05) is 6.07 Å². The number of hydrogen-bond acceptors (Lipinski definition) is 5. The number of nitro groups is 1. The number of amides is 1. The molecule has 0 radical (unpaired) electrons. The Balaban J connectivity index is 2.24. The number of benzene rings is 1. The molecule has 0 fully saturated rings. The molecular weight excluding hydrogens is 278 g/mol. The standard InChI is InChI=1S/C13H9N3O3S/c1-8-6-9(2-3-11(8)16(18)19)12(17)15-13-10(7-14)4-5-20-13/h2-6H,1H3,(H,15,17). The molecule has 0 aliphatic carbocycles. The summed E-state index contributed by atoms with van der Waals surface area (Å²) >= 11 is 1.25. The van der Waals surface area contributed by atoms with E-state index in [0.717, 1.165) is 0 Å². The number of aryl methyl sites for hydroxylation is 1. The highest BCUT2D eigenvalue weighted by molar-refractivity contribution is 7.14. The number of anilines is 1. The Morgan fingerprint density at radius 2 is 2.20 bits per heavy atom. The average molecular weight is 287 g/mol. The van der Waals surface area contributed by atoms with Gasteiger partial charge in [-0.05, 0) is 30.5 Å². The van der Waals surface area contributed by atoms with E-state index in [4.69, 9.17) is 5.26 Å². The predicted molar refractivity (Wildman–Crippen MR) is 74.8 cm³/mol. The lowest BCUT2D eigenvalue weighted by molar-refractivity contribution is -0.385. The van der Waals surface area contributed by atoms with Crippen molar-refractivity contribution < 1.29 is 9.72 Å². The van der Waals surface area contributed by atoms with E-state index in [2.05, 4.69) is 5.32 Å². The summed E-state index contributed by atoms with van der Waals surface area (Å²) in [7, 11) is 0. The van der Waals surface area contributed by atoms with E-state index in [9.17, 15) is 14.9 Å². The molecule has 0 unspecified atom stereocenters. The Morgan fingerprint density at radius 1 is 1.45 bits per heavy atom. The third-order valence-electron chi connectivity index (χ3n) is 2.67. The first-order valence-electron chi connectivity index (χ1n) is 5.57. The molecule has 1 N–H and O–H groups in total. The van der Waals surface area contributed by atoms with Crippen LogP contribution in [0.25, 0.3) is 0 Å². The zero-order chi connectivity index (χ0) is 14.7. The SMILES string of the molecule is Cc1cc(C(=O)Nc2sccc2C#N)ccc1[N+](=O)[O-]. The maximum atomic E-state index is 12.0. The second kappa shape index (κ2) is 5.50. The van der Waals surface area contributed by atoms with Crippen LogP contribution in [-0.4, -0.2) is 10.8 Å². The second-order valence-electron chi connectivity index (χ2n) is 3.99. The van der Waals surface area contributed by atoms with Gasteiger partial charge in [0.2, 0.25) is 0 Å². The van der Waals surface area contributed by atoms with Crippen LogP contribution in [0.1, 0.15) is 21.5 Å². The number of nitrogens with one attached hydrogen (secondary N) is 1. The Morgan fingerprint density at radius 3 is 2.80 bits per heavy atom. The van der Waals surface area contributed by atoms with Gasteiger partial charge in [0.05, 0.1) is 10.5 Å². The molecule has 0 saturated carbocycles. The molecule has 0 bridgehead atoms. The molecule has 0 spiro atoms. The Kier molecular flexibility index (Phi) is 3.77. The lowest BCUT2D eigenvalue weighted by Gasteiger charge is -2.04. The second-order valence-corrected chi connectivity index (χ2v) is 4.90. The Bertz CT molecular complexity index is 731. The fourth-order valence-electron chi connectivity index (χ4n) is 1.67. The van der Waals surface area contributed by atoms with E-state index >= 15 is 0 Å². The van der Waals surface area contributed by atoms with Crippen molar-refractivity contribution >= 4 is 27.9 Å². The van der Waals surface area contributed by atoms with Gasteiger partial charge in [-0.2, -0.15) is 5.26 Å². The fourth-order valence-corrected chi connectivity index (χ4v) is 2.40. The van der Waals surface area contributed by atoms with E-state index in [0.29, 0.717) is 21.7 Å². The Hall–Kier alpha value is -2.72. The molecule has 20 heavy (non-hydrogen) atoms. The van der Waals surface area contributed by atoms with Crippen LogP contribution in [0.2, 0.25) is 0 Å². The van der Waals surface area contributed by atoms with Gasteiger partial charge in [-0.15, -0.1) is 11.3 Å². The van der Waals surface area contributed by atoms with Gasteiger partial charge in [-0.1, -0.05) is 0 Å². The normalized spacial score (nSPS) is 9.80. The molecule has 0 atom stereocenters. The molecule has 2 rings (SSSR count). The molecule has 1 amide bonds. The van der Waals surface area contributed by atoms with Crippen LogP contribution in [0.3, 0.4) is 0 Å². The summed E-state index contributed by atoms with van der Waals surface area (Å²) in [5.41, 5.74) is 1.08. The van der Waals surface area contributed by atoms with Crippen molar-refractivity contribution in [2.24, 2.45) is 0 Å². The molecule has 0 saturated heterocycles.